The van der Waals surface area contributed by atoms with Gasteiger partial charge in [0.15, 0.2) is 0 Å². The van der Waals surface area contributed by atoms with Gasteiger partial charge in [-0.1, -0.05) is 18.2 Å². The third kappa shape index (κ3) is 4.28. The first-order chi connectivity index (χ1) is 9.65. The van der Waals surface area contributed by atoms with Crippen LogP contribution in [0.4, 0.5) is 4.79 Å². The van der Waals surface area contributed by atoms with E-state index in [1.165, 1.54) is 0 Å². The molecule has 1 atom stereocenters. The van der Waals surface area contributed by atoms with Crippen LogP contribution in [-0.4, -0.2) is 30.3 Å². The quantitative estimate of drug-likeness (QED) is 0.756. The lowest BCUT2D eigenvalue weighted by molar-refractivity contribution is 0.183. The zero-order valence-electron chi connectivity index (χ0n) is 11.6. The summed E-state index contributed by atoms with van der Waals surface area (Å²) >= 11 is 0. The monoisotopic (exact) mass is 276 g/mol. The number of benzene rings is 1. The second kappa shape index (κ2) is 6.96. The van der Waals surface area contributed by atoms with Crippen molar-refractivity contribution in [3.8, 4) is 0 Å². The molecule has 0 fully saturated rings. The van der Waals surface area contributed by atoms with E-state index in [9.17, 15) is 4.79 Å². The van der Waals surface area contributed by atoms with Crippen molar-refractivity contribution < 1.29 is 14.3 Å². The first-order valence-electron chi connectivity index (χ1n) is 6.82. The molecular weight excluding hydrogens is 256 g/mol. The molecule has 1 aromatic heterocycles. The van der Waals surface area contributed by atoms with Gasteiger partial charge in [0, 0.05) is 24.9 Å². The van der Waals surface area contributed by atoms with E-state index in [0.29, 0.717) is 25.9 Å². The van der Waals surface area contributed by atoms with Crippen LogP contribution in [0.25, 0.3) is 11.0 Å². The molecule has 1 heterocycles. The molecule has 0 aliphatic carbocycles. The normalized spacial score (nSPS) is 12.3. The van der Waals surface area contributed by atoms with Crippen LogP contribution in [0.15, 0.2) is 34.7 Å². The Bertz CT molecular complexity index is 530. The van der Waals surface area contributed by atoms with Crippen LogP contribution in [0.5, 0.6) is 0 Å². The second-order valence-corrected chi connectivity index (χ2v) is 4.82. The van der Waals surface area contributed by atoms with E-state index in [0.717, 1.165) is 16.7 Å². The van der Waals surface area contributed by atoms with Crippen LogP contribution in [0, 0.1) is 0 Å². The lowest BCUT2D eigenvalue weighted by Gasteiger charge is -2.07. The largest absolute Gasteiger partial charge is 0.461 e. The number of urea groups is 1. The number of rotatable bonds is 6. The molecule has 0 bridgehead atoms. The van der Waals surface area contributed by atoms with Crippen molar-refractivity contribution in [2.75, 3.05) is 13.1 Å². The summed E-state index contributed by atoms with van der Waals surface area (Å²) in [4.78, 5) is 11.5. The molecule has 5 heteroatoms. The zero-order valence-corrected chi connectivity index (χ0v) is 11.6. The predicted molar refractivity (Wildman–Crippen MR) is 77.6 cm³/mol. The highest BCUT2D eigenvalue weighted by Gasteiger charge is 2.04. The standard InChI is InChI=1S/C15H20N2O3/c1-11(18)6-8-16-15(19)17-9-7-13-10-12-4-2-3-5-14(12)20-13/h2-5,10-11,18H,6-9H2,1H3,(H2,16,17,19). The molecule has 1 unspecified atom stereocenters. The molecule has 2 aromatic rings. The number of aliphatic hydroxyl groups is 1. The fourth-order valence-corrected chi connectivity index (χ4v) is 1.92. The van der Waals surface area contributed by atoms with Crippen LogP contribution in [0.2, 0.25) is 0 Å². The first-order valence-corrected chi connectivity index (χ1v) is 6.82. The van der Waals surface area contributed by atoms with Crippen molar-refractivity contribution in [2.45, 2.75) is 25.9 Å². The number of nitrogens with one attached hydrogen (secondary N) is 2. The van der Waals surface area contributed by atoms with Gasteiger partial charge < -0.3 is 20.2 Å². The molecule has 2 rings (SSSR count). The number of carbonyl (C=O) groups excluding carboxylic acids is 1. The van der Waals surface area contributed by atoms with Gasteiger partial charge in [0.2, 0.25) is 0 Å². The van der Waals surface area contributed by atoms with Crippen molar-refractivity contribution >= 4 is 17.0 Å². The lowest BCUT2D eigenvalue weighted by Crippen LogP contribution is -2.37. The Hall–Kier alpha value is -2.01. The van der Waals surface area contributed by atoms with Gasteiger partial charge in [-0.15, -0.1) is 0 Å². The summed E-state index contributed by atoms with van der Waals surface area (Å²) in [6.45, 7) is 2.68. The van der Waals surface area contributed by atoms with Gasteiger partial charge in [0.25, 0.3) is 0 Å². The summed E-state index contributed by atoms with van der Waals surface area (Å²) in [5.41, 5.74) is 0.865. The molecule has 0 spiro atoms. The Balaban J connectivity index is 1.71. The van der Waals surface area contributed by atoms with Crippen molar-refractivity contribution in [1.29, 1.82) is 0 Å². The molecule has 0 saturated carbocycles. The average molecular weight is 276 g/mol. The van der Waals surface area contributed by atoms with Crippen LogP contribution in [0.1, 0.15) is 19.1 Å². The summed E-state index contributed by atoms with van der Waals surface area (Å²) in [6, 6.07) is 9.59. The molecule has 0 aliphatic heterocycles. The second-order valence-electron chi connectivity index (χ2n) is 4.82. The van der Waals surface area contributed by atoms with E-state index in [1.54, 1.807) is 6.92 Å². The minimum atomic E-state index is -0.397. The number of hydrogen-bond donors (Lipinski definition) is 3. The predicted octanol–water partition coefficient (Wildman–Crippen LogP) is 2.05. The van der Waals surface area contributed by atoms with E-state index < -0.39 is 6.10 Å². The Morgan fingerprint density at radius 3 is 2.80 bits per heavy atom. The summed E-state index contributed by atoms with van der Waals surface area (Å²) in [6.07, 6.45) is 0.807. The van der Waals surface area contributed by atoms with Crippen LogP contribution in [-0.2, 0) is 6.42 Å². The number of hydrogen-bond acceptors (Lipinski definition) is 3. The SMILES string of the molecule is CC(O)CCNC(=O)NCCc1cc2ccccc2o1. The molecular formula is C15H20N2O3. The van der Waals surface area contributed by atoms with Crippen LogP contribution in [0.3, 0.4) is 0 Å². The maximum Gasteiger partial charge on any atom is 0.314 e. The number of aliphatic hydroxyl groups excluding tert-OH is 1. The summed E-state index contributed by atoms with van der Waals surface area (Å²) in [7, 11) is 0. The average Bonchev–Trinajstić information content (AvgIpc) is 2.80. The van der Waals surface area contributed by atoms with Gasteiger partial charge in [0.05, 0.1) is 6.10 Å². The van der Waals surface area contributed by atoms with Crippen LogP contribution < -0.4 is 10.6 Å². The summed E-state index contributed by atoms with van der Waals surface area (Å²) in [5, 5.41) is 15.6. The maximum absolute atomic E-state index is 11.5. The number of carbonyl (C=O) groups is 1. The Kier molecular flexibility index (Phi) is 5.01. The van der Waals surface area contributed by atoms with Crippen LogP contribution >= 0.6 is 0 Å². The third-order valence-electron chi connectivity index (χ3n) is 2.98. The van der Waals surface area contributed by atoms with Crippen molar-refractivity contribution in [3.05, 3.63) is 36.1 Å². The minimum absolute atomic E-state index is 0.221. The van der Waals surface area contributed by atoms with Gasteiger partial charge in [0.1, 0.15) is 11.3 Å². The highest BCUT2D eigenvalue weighted by Crippen LogP contribution is 2.18. The van der Waals surface area contributed by atoms with Crippen molar-refractivity contribution in [2.24, 2.45) is 0 Å². The van der Waals surface area contributed by atoms with Gasteiger partial charge in [-0.2, -0.15) is 0 Å². The topological polar surface area (TPSA) is 74.5 Å². The van der Waals surface area contributed by atoms with Gasteiger partial charge in [-0.25, -0.2) is 4.79 Å². The summed E-state index contributed by atoms with van der Waals surface area (Å²) < 4.78 is 5.66. The molecule has 108 valence electrons. The molecule has 20 heavy (non-hydrogen) atoms. The molecule has 3 N–H and O–H groups in total. The Morgan fingerprint density at radius 2 is 2.05 bits per heavy atom. The van der Waals surface area contributed by atoms with Crippen molar-refractivity contribution in [3.63, 3.8) is 0 Å². The van der Waals surface area contributed by atoms with Crippen molar-refractivity contribution in [1.82, 2.24) is 10.6 Å². The Morgan fingerprint density at radius 1 is 1.30 bits per heavy atom. The molecule has 0 radical (unpaired) electrons. The third-order valence-corrected chi connectivity index (χ3v) is 2.98. The van der Waals surface area contributed by atoms with E-state index >= 15 is 0 Å². The van der Waals surface area contributed by atoms with Gasteiger partial charge in [-0.05, 0) is 25.5 Å². The first kappa shape index (κ1) is 14.4. The molecule has 0 saturated heterocycles. The fourth-order valence-electron chi connectivity index (χ4n) is 1.92. The van der Waals surface area contributed by atoms with E-state index in [1.807, 2.05) is 30.3 Å². The number of amides is 2. The van der Waals surface area contributed by atoms with E-state index in [4.69, 9.17) is 9.52 Å². The number of para-hydroxylation sites is 1. The van der Waals surface area contributed by atoms with Gasteiger partial charge >= 0.3 is 6.03 Å². The molecule has 0 aliphatic rings. The van der Waals surface area contributed by atoms with Gasteiger partial charge in [-0.3, -0.25) is 0 Å². The van der Waals surface area contributed by atoms with E-state index in [-0.39, 0.29) is 6.03 Å². The highest BCUT2D eigenvalue weighted by atomic mass is 16.3. The fraction of sp³-hybridized carbons (Fsp3) is 0.400. The molecule has 2 amide bonds. The smallest absolute Gasteiger partial charge is 0.314 e. The Labute approximate surface area is 118 Å². The lowest BCUT2D eigenvalue weighted by atomic mass is 10.2. The highest BCUT2D eigenvalue weighted by molar-refractivity contribution is 5.77. The zero-order chi connectivity index (χ0) is 14.4. The molecule has 5 nitrogen and oxygen atoms in total. The molecule has 1 aromatic carbocycles. The summed E-state index contributed by atoms with van der Waals surface area (Å²) in [5.74, 6) is 0.857. The van der Waals surface area contributed by atoms with E-state index in [2.05, 4.69) is 10.6 Å². The minimum Gasteiger partial charge on any atom is -0.461 e. The number of fused-ring (bicyclic) bond motifs is 1. The number of furan rings is 1. The maximum atomic E-state index is 11.5.